The van der Waals surface area contributed by atoms with Gasteiger partial charge in [-0.1, -0.05) is 30.3 Å². The number of aromatic nitrogens is 2. The molecule has 1 heterocycles. The van der Waals surface area contributed by atoms with Crippen molar-refractivity contribution < 1.29 is 9.59 Å². The fourth-order valence-corrected chi connectivity index (χ4v) is 3.24. The Labute approximate surface area is 179 Å². The second kappa shape index (κ2) is 8.71. The molecule has 3 aromatic carbocycles. The summed E-state index contributed by atoms with van der Waals surface area (Å²) in [6, 6.07) is 21.8. The normalized spacial score (nSPS) is 10.8. The average Bonchev–Trinajstić information content (AvgIpc) is 3.17. The minimum absolute atomic E-state index is 0.0150. The molecule has 7 nitrogen and oxygen atoms in total. The number of H-pyrrole nitrogens is 1. The van der Waals surface area contributed by atoms with Crippen molar-refractivity contribution >= 4 is 34.3 Å². The first-order valence-corrected chi connectivity index (χ1v) is 10.0. The lowest BCUT2D eigenvalue weighted by atomic mass is 10.1. The van der Waals surface area contributed by atoms with E-state index in [4.69, 9.17) is 0 Å². The molecule has 4 aromatic rings. The molecule has 0 aliphatic heterocycles. The largest absolute Gasteiger partial charge is 0.338 e. The van der Waals surface area contributed by atoms with Crippen LogP contribution >= 0.6 is 0 Å². The van der Waals surface area contributed by atoms with Gasteiger partial charge in [-0.2, -0.15) is 0 Å². The van der Waals surface area contributed by atoms with E-state index in [1.807, 2.05) is 62.4 Å². The van der Waals surface area contributed by atoms with Gasteiger partial charge in [-0.3, -0.25) is 4.79 Å². The van der Waals surface area contributed by atoms with Crippen LogP contribution in [-0.4, -0.2) is 27.9 Å². The number of aromatic amines is 1. The molecular formula is C24H23N5O2. The molecule has 0 saturated heterocycles. The van der Waals surface area contributed by atoms with Gasteiger partial charge >= 0.3 is 6.03 Å². The topological polar surface area (TPSA) is 98.9 Å². The average molecular weight is 413 g/mol. The summed E-state index contributed by atoms with van der Waals surface area (Å²) < 4.78 is 0. The predicted octanol–water partition coefficient (Wildman–Crippen LogP) is 5.01. The number of carbonyl (C=O) groups is 2. The van der Waals surface area contributed by atoms with Crippen molar-refractivity contribution in [3.05, 3.63) is 78.4 Å². The quantitative estimate of drug-likeness (QED) is 0.370. The molecular weight excluding hydrogens is 390 g/mol. The van der Waals surface area contributed by atoms with Crippen LogP contribution in [0, 0.1) is 0 Å². The van der Waals surface area contributed by atoms with Crippen LogP contribution in [0.1, 0.15) is 24.2 Å². The third-order valence-electron chi connectivity index (χ3n) is 4.62. The van der Waals surface area contributed by atoms with Crippen molar-refractivity contribution in [3.8, 4) is 11.4 Å². The van der Waals surface area contributed by atoms with E-state index >= 15 is 0 Å². The first-order chi connectivity index (χ1) is 15.0. The van der Waals surface area contributed by atoms with Crippen LogP contribution in [0.15, 0.2) is 72.8 Å². The Morgan fingerprint density at radius 1 is 0.903 bits per heavy atom. The molecule has 0 saturated carbocycles. The Bertz CT molecular complexity index is 1210. The van der Waals surface area contributed by atoms with Crippen molar-refractivity contribution in [1.29, 1.82) is 0 Å². The van der Waals surface area contributed by atoms with Crippen LogP contribution in [0.2, 0.25) is 0 Å². The fourth-order valence-electron chi connectivity index (χ4n) is 3.24. The number of rotatable bonds is 5. The van der Waals surface area contributed by atoms with E-state index in [0.29, 0.717) is 22.8 Å². The van der Waals surface area contributed by atoms with Crippen LogP contribution in [-0.2, 0) is 0 Å². The molecule has 0 spiro atoms. The number of amides is 3. The minimum atomic E-state index is -0.317. The number of urea groups is 1. The van der Waals surface area contributed by atoms with E-state index in [0.717, 1.165) is 16.6 Å². The maximum absolute atomic E-state index is 12.9. The van der Waals surface area contributed by atoms with Crippen molar-refractivity contribution in [3.63, 3.8) is 0 Å². The summed E-state index contributed by atoms with van der Waals surface area (Å²) in [7, 11) is 0. The lowest BCUT2D eigenvalue weighted by Crippen LogP contribution is -2.34. The molecule has 3 amide bonds. The summed E-state index contributed by atoms with van der Waals surface area (Å²) in [5.74, 6) is 0.398. The predicted molar refractivity (Wildman–Crippen MR) is 123 cm³/mol. The number of anilines is 2. The Morgan fingerprint density at radius 3 is 2.48 bits per heavy atom. The summed E-state index contributed by atoms with van der Waals surface area (Å²) in [5, 5.41) is 8.45. The standard InChI is InChI=1S/C24H23N5O2/c1-15(2)25-24(31)26-17-9-7-8-16(14-17)23(30)29-19-11-4-3-10-18(19)22-27-20-12-5-6-13-21(20)28-22/h3-15H,1-2H3,(H,27,28)(H,29,30)(H2,25,26,31). The van der Waals surface area contributed by atoms with Gasteiger partial charge in [0.2, 0.25) is 0 Å². The molecule has 0 aliphatic carbocycles. The van der Waals surface area contributed by atoms with Gasteiger partial charge in [-0.15, -0.1) is 0 Å². The summed E-state index contributed by atoms with van der Waals surface area (Å²) in [4.78, 5) is 32.8. The molecule has 4 rings (SSSR count). The highest BCUT2D eigenvalue weighted by atomic mass is 16.2. The van der Waals surface area contributed by atoms with Crippen LogP contribution in [0.4, 0.5) is 16.2 Å². The van der Waals surface area contributed by atoms with Gasteiger partial charge in [0, 0.05) is 22.9 Å². The summed E-state index contributed by atoms with van der Waals surface area (Å²) >= 11 is 0. The number of hydrogen-bond acceptors (Lipinski definition) is 3. The molecule has 31 heavy (non-hydrogen) atoms. The summed E-state index contributed by atoms with van der Waals surface area (Å²) in [6.07, 6.45) is 0. The molecule has 0 aliphatic rings. The third-order valence-corrected chi connectivity index (χ3v) is 4.62. The minimum Gasteiger partial charge on any atom is -0.338 e. The molecule has 0 unspecified atom stereocenters. The number of para-hydroxylation sites is 3. The van der Waals surface area contributed by atoms with Gasteiger partial charge < -0.3 is 20.9 Å². The zero-order valence-corrected chi connectivity index (χ0v) is 17.3. The molecule has 7 heteroatoms. The number of nitrogens with zero attached hydrogens (tertiary/aromatic N) is 1. The Morgan fingerprint density at radius 2 is 1.68 bits per heavy atom. The van der Waals surface area contributed by atoms with Gasteiger partial charge in [0.05, 0.1) is 16.7 Å². The lowest BCUT2D eigenvalue weighted by molar-refractivity contribution is 0.102. The van der Waals surface area contributed by atoms with Crippen molar-refractivity contribution in [2.24, 2.45) is 0 Å². The first kappa shape index (κ1) is 20.2. The summed E-state index contributed by atoms with van der Waals surface area (Å²) in [5.41, 5.74) is 4.19. The molecule has 0 bridgehead atoms. The number of carbonyl (C=O) groups excluding carboxylic acids is 2. The number of hydrogen-bond donors (Lipinski definition) is 4. The van der Waals surface area contributed by atoms with Crippen LogP contribution in [0.5, 0.6) is 0 Å². The fraction of sp³-hybridized carbons (Fsp3) is 0.125. The van der Waals surface area contributed by atoms with Gasteiger partial charge in [0.15, 0.2) is 0 Å². The van der Waals surface area contributed by atoms with Crippen LogP contribution in [0.3, 0.4) is 0 Å². The number of benzene rings is 3. The van der Waals surface area contributed by atoms with Crippen molar-refractivity contribution in [1.82, 2.24) is 15.3 Å². The van der Waals surface area contributed by atoms with E-state index in [2.05, 4.69) is 25.9 Å². The van der Waals surface area contributed by atoms with Gasteiger partial charge in [-0.05, 0) is 56.3 Å². The van der Waals surface area contributed by atoms with Gasteiger partial charge in [-0.25, -0.2) is 9.78 Å². The summed E-state index contributed by atoms with van der Waals surface area (Å²) in [6.45, 7) is 3.76. The zero-order valence-electron chi connectivity index (χ0n) is 17.3. The number of imidazole rings is 1. The monoisotopic (exact) mass is 413 g/mol. The van der Waals surface area contributed by atoms with E-state index in [9.17, 15) is 9.59 Å². The molecule has 4 N–H and O–H groups in total. The maximum Gasteiger partial charge on any atom is 0.319 e. The van der Waals surface area contributed by atoms with Crippen LogP contribution < -0.4 is 16.0 Å². The second-order valence-corrected chi connectivity index (χ2v) is 7.44. The van der Waals surface area contributed by atoms with E-state index < -0.39 is 0 Å². The Balaban J connectivity index is 1.56. The third kappa shape index (κ3) is 4.72. The Kier molecular flexibility index (Phi) is 5.66. The zero-order chi connectivity index (χ0) is 21.8. The molecule has 0 radical (unpaired) electrons. The molecule has 0 atom stereocenters. The smallest absolute Gasteiger partial charge is 0.319 e. The highest BCUT2D eigenvalue weighted by molar-refractivity contribution is 6.07. The van der Waals surface area contributed by atoms with Crippen molar-refractivity contribution in [2.45, 2.75) is 19.9 Å². The lowest BCUT2D eigenvalue weighted by Gasteiger charge is -2.12. The van der Waals surface area contributed by atoms with E-state index in [1.165, 1.54) is 0 Å². The SMILES string of the molecule is CC(C)NC(=O)Nc1cccc(C(=O)Nc2ccccc2-c2nc3ccccc3[nH]2)c1. The number of nitrogens with one attached hydrogen (secondary N) is 4. The van der Waals surface area contributed by atoms with Gasteiger partial charge in [0.25, 0.3) is 5.91 Å². The van der Waals surface area contributed by atoms with E-state index in [1.54, 1.807) is 24.3 Å². The van der Waals surface area contributed by atoms with Gasteiger partial charge in [0.1, 0.15) is 5.82 Å². The number of fused-ring (bicyclic) bond motifs is 1. The van der Waals surface area contributed by atoms with Crippen LogP contribution in [0.25, 0.3) is 22.4 Å². The molecule has 156 valence electrons. The van der Waals surface area contributed by atoms with E-state index in [-0.39, 0.29) is 18.0 Å². The maximum atomic E-state index is 12.9. The highest BCUT2D eigenvalue weighted by Gasteiger charge is 2.14. The second-order valence-electron chi connectivity index (χ2n) is 7.44. The Hall–Kier alpha value is -4.13. The molecule has 1 aromatic heterocycles. The molecule has 0 fully saturated rings. The first-order valence-electron chi connectivity index (χ1n) is 10.0. The highest BCUT2D eigenvalue weighted by Crippen LogP contribution is 2.28. The van der Waals surface area contributed by atoms with Crippen molar-refractivity contribution in [2.75, 3.05) is 10.6 Å².